The van der Waals surface area contributed by atoms with Crippen LogP contribution in [0.5, 0.6) is 0 Å². The highest BCUT2D eigenvalue weighted by atomic mass is 19.1. The lowest BCUT2D eigenvalue weighted by Crippen LogP contribution is -2.30. The van der Waals surface area contributed by atoms with E-state index in [0.29, 0.717) is 5.69 Å². The maximum atomic E-state index is 11.9. The highest BCUT2D eigenvalue weighted by Crippen LogP contribution is 2.30. The number of hydrogen-bond acceptors (Lipinski definition) is 5. The molecule has 8 nitrogen and oxygen atoms in total. The number of rotatable bonds is 4. The van der Waals surface area contributed by atoms with Gasteiger partial charge in [-0.1, -0.05) is 36.4 Å². The molecule has 5 N–H and O–H groups in total. The average molecular weight is 551 g/mol. The summed E-state index contributed by atoms with van der Waals surface area (Å²) in [6, 6.07) is 17.1. The Morgan fingerprint density at radius 2 is 1.38 bits per heavy atom. The van der Waals surface area contributed by atoms with Gasteiger partial charge in [0.2, 0.25) is 0 Å². The van der Waals surface area contributed by atoms with Gasteiger partial charge in [0.25, 0.3) is 5.69 Å². The van der Waals surface area contributed by atoms with Crippen LogP contribution in [-0.2, 0) is 38.5 Å². The van der Waals surface area contributed by atoms with Gasteiger partial charge in [0.05, 0.1) is 4.92 Å². The van der Waals surface area contributed by atoms with Crippen molar-refractivity contribution >= 4 is 23.1 Å². The summed E-state index contributed by atoms with van der Waals surface area (Å²) in [6.07, 6.45) is 9.83. The number of fused-ring (bicyclic) bond motifs is 3. The van der Waals surface area contributed by atoms with Crippen molar-refractivity contribution in [2.75, 3.05) is 31.4 Å². The third kappa shape index (κ3) is 8.02. The van der Waals surface area contributed by atoms with Crippen LogP contribution < -0.4 is 16.4 Å². The molecule has 40 heavy (non-hydrogen) atoms. The van der Waals surface area contributed by atoms with E-state index in [9.17, 15) is 19.3 Å². The smallest absolute Gasteiger partial charge is 0.319 e. The fraction of sp³-hybridized carbons (Fsp3) is 0.387. The van der Waals surface area contributed by atoms with Crippen molar-refractivity contribution in [1.82, 2.24) is 5.32 Å². The molecule has 214 valence electrons. The number of nitro benzene ring substituents is 1. The van der Waals surface area contributed by atoms with Gasteiger partial charge < -0.3 is 21.5 Å². The molecule has 0 heterocycles. The zero-order valence-electron chi connectivity index (χ0n) is 23.0. The number of hydrogen-bond donors (Lipinski definition) is 4. The van der Waals surface area contributed by atoms with Crippen LogP contribution in [0.25, 0.3) is 0 Å². The van der Waals surface area contributed by atoms with E-state index in [-0.39, 0.29) is 17.5 Å². The summed E-state index contributed by atoms with van der Waals surface area (Å²) in [5.74, 6) is 0. The molecule has 0 saturated heterocycles. The monoisotopic (exact) mass is 550 g/mol. The lowest BCUT2D eigenvalue weighted by molar-refractivity contribution is -0.385. The average Bonchev–Trinajstić information content (AvgIpc) is 3.75. The summed E-state index contributed by atoms with van der Waals surface area (Å²) in [4.78, 5) is 21.7. The van der Waals surface area contributed by atoms with Crippen molar-refractivity contribution in [2.24, 2.45) is 0 Å². The van der Waals surface area contributed by atoms with Gasteiger partial charge in [-0.15, -0.1) is 0 Å². The number of nitrogens with one attached hydrogen (secondary N) is 2. The molecule has 0 radical (unpaired) electrons. The number of carbonyl (C=O) groups excluding carboxylic acids is 1. The van der Waals surface area contributed by atoms with E-state index >= 15 is 0 Å². The Bertz CT molecular complexity index is 1300. The largest absolute Gasteiger partial charge is 0.400 e. The van der Waals surface area contributed by atoms with Gasteiger partial charge in [-0.25, -0.2) is 9.18 Å². The minimum Gasteiger partial charge on any atom is -0.400 e. The van der Waals surface area contributed by atoms with Crippen molar-refractivity contribution < 1.29 is 19.2 Å². The van der Waals surface area contributed by atoms with Crippen LogP contribution in [0, 0.1) is 10.1 Å². The van der Waals surface area contributed by atoms with Crippen molar-refractivity contribution in [2.45, 2.75) is 57.8 Å². The second-order valence-electron chi connectivity index (χ2n) is 9.73. The number of nitrogens with two attached hydrogens (primary N) is 1. The number of carbonyl (C=O) groups is 1. The zero-order valence-corrected chi connectivity index (χ0v) is 23.0. The molecule has 3 aromatic rings. The van der Waals surface area contributed by atoms with Gasteiger partial charge in [-0.05, 0) is 97.7 Å². The lowest BCUT2D eigenvalue weighted by Gasteiger charge is -2.10. The molecule has 9 heteroatoms. The molecule has 2 amide bonds. The molecule has 6 rings (SSSR count). The summed E-state index contributed by atoms with van der Waals surface area (Å²) in [7, 11) is 1.00. The summed E-state index contributed by atoms with van der Waals surface area (Å²) < 4.78 is 11.9. The van der Waals surface area contributed by atoms with E-state index in [1.54, 1.807) is 12.1 Å². The first-order valence-corrected chi connectivity index (χ1v) is 13.8. The summed E-state index contributed by atoms with van der Waals surface area (Å²) in [6.45, 7) is -0.485. The number of anilines is 2. The number of urea groups is 1. The molecule has 3 aliphatic carbocycles. The van der Waals surface area contributed by atoms with E-state index < -0.39 is 6.67 Å². The number of nitro groups is 1. The van der Waals surface area contributed by atoms with Crippen LogP contribution >= 0.6 is 0 Å². The number of benzene rings is 3. The van der Waals surface area contributed by atoms with Gasteiger partial charge in [0, 0.05) is 36.7 Å². The highest BCUT2D eigenvalue weighted by molar-refractivity contribution is 5.90. The molecular weight excluding hydrogens is 511 g/mol. The van der Waals surface area contributed by atoms with E-state index in [1.165, 1.54) is 41.5 Å². The van der Waals surface area contributed by atoms with Gasteiger partial charge in [-0.2, -0.15) is 0 Å². The van der Waals surface area contributed by atoms with Gasteiger partial charge in [0.15, 0.2) is 0 Å². The highest BCUT2D eigenvalue weighted by Gasteiger charge is 2.20. The predicted octanol–water partition coefficient (Wildman–Crippen LogP) is 5.72. The molecule has 0 bridgehead atoms. The first kappa shape index (κ1) is 30.6. The van der Waals surface area contributed by atoms with Crippen LogP contribution in [0.1, 0.15) is 52.6 Å². The molecule has 3 aliphatic rings. The second-order valence-corrected chi connectivity index (χ2v) is 9.73. The Labute approximate surface area is 235 Å². The van der Waals surface area contributed by atoms with E-state index in [4.69, 9.17) is 10.8 Å². The Morgan fingerprint density at radius 1 is 0.850 bits per heavy atom. The maximum absolute atomic E-state index is 11.9. The maximum Gasteiger partial charge on any atom is 0.319 e. The predicted molar refractivity (Wildman–Crippen MR) is 158 cm³/mol. The van der Waals surface area contributed by atoms with Crippen molar-refractivity contribution in [3.05, 3.63) is 98.1 Å². The minimum atomic E-state index is -0.541. The van der Waals surface area contributed by atoms with Crippen LogP contribution in [0.4, 0.5) is 26.2 Å². The summed E-state index contributed by atoms with van der Waals surface area (Å²) in [5.41, 5.74) is 15.4. The third-order valence-electron chi connectivity index (χ3n) is 7.27. The number of aliphatic hydroxyl groups excluding tert-OH is 1. The van der Waals surface area contributed by atoms with Crippen LogP contribution in [0.15, 0.2) is 54.6 Å². The third-order valence-corrected chi connectivity index (χ3v) is 7.27. The molecule has 0 aliphatic heterocycles. The first-order valence-electron chi connectivity index (χ1n) is 13.8. The summed E-state index contributed by atoms with van der Waals surface area (Å²) >= 11 is 0. The summed E-state index contributed by atoms with van der Waals surface area (Å²) in [5, 5.41) is 22.8. The van der Waals surface area contributed by atoms with Gasteiger partial charge in [-0.3, -0.25) is 10.1 Å². The number of nitrogen functional groups attached to an aromatic ring is 1. The zero-order chi connectivity index (χ0) is 28.9. The normalized spacial score (nSPS) is 13.6. The second kappa shape index (κ2) is 15.6. The number of amides is 2. The number of nitrogens with zero attached hydrogens (tertiary/aromatic N) is 1. The fourth-order valence-corrected chi connectivity index (χ4v) is 5.48. The van der Waals surface area contributed by atoms with Gasteiger partial charge >= 0.3 is 6.03 Å². The SMILES string of the molecule is CO.Nc1cccc2c1CCC2.O=C(NCCF)Nc1cccc2c1CCC2.O=[N+]([O-])c1cccc2c1CCC2. The first-order chi connectivity index (χ1) is 19.5. The molecule has 0 fully saturated rings. The van der Waals surface area contributed by atoms with Crippen LogP contribution in [-0.4, -0.2) is 36.4 Å². The van der Waals surface area contributed by atoms with Crippen molar-refractivity contribution in [1.29, 1.82) is 0 Å². The number of alkyl halides is 1. The standard InChI is InChI=1S/C12H15FN2O.C9H9NO2.C9H11N.CH4O/c13-7-8-14-12(16)15-11-6-2-4-9-3-1-5-10(9)11;11-10(12)9-6-2-4-7-3-1-5-8(7)9;10-9-6-2-4-7-3-1-5-8(7)9;1-2/h2,4,6H,1,3,5,7-8H2,(H2,14,15,16);2,4,6H,1,3,5H2;2,4,6H,1,3,5,10H2;2H,1H3. The Balaban J connectivity index is 0.000000164. The van der Waals surface area contributed by atoms with Crippen molar-refractivity contribution in [3.8, 4) is 0 Å². The van der Waals surface area contributed by atoms with E-state index in [1.807, 2.05) is 30.3 Å². The number of aryl methyl sites for hydroxylation is 3. The van der Waals surface area contributed by atoms with Gasteiger partial charge in [0.1, 0.15) is 6.67 Å². The number of aliphatic hydroxyl groups is 1. The molecule has 0 saturated carbocycles. The quantitative estimate of drug-likeness (QED) is 0.188. The minimum absolute atomic E-state index is 0.0564. The molecule has 0 aromatic heterocycles. The Kier molecular flexibility index (Phi) is 11.9. The molecular formula is C31H39FN4O4. The van der Waals surface area contributed by atoms with Crippen molar-refractivity contribution in [3.63, 3.8) is 0 Å². The Hall–Kier alpha value is -3.98. The van der Waals surface area contributed by atoms with Crippen LogP contribution in [0.3, 0.4) is 0 Å². The lowest BCUT2D eigenvalue weighted by atomic mass is 10.1. The fourth-order valence-electron chi connectivity index (χ4n) is 5.48. The van der Waals surface area contributed by atoms with Crippen LogP contribution in [0.2, 0.25) is 0 Å². The molecule has 0 unspecified atom stereocenters. The topological polar surface area (TPSA) is 131 Å². The van der Waals surface area contributed by atoms with E-state index in [2.05, 4.69) is 22.8 Å². The molecule has 0 spiro atoms. The number of halogens is 1. The molecule has 0 atom stereocenters. The molecule has 3 aromatic carbocycles. The Morgan fingerprint density at radius 3 is 1.98 bits per heavy atom. The van der Waals surface area contributed by atoms with E-state index in [0.717, 1.165) is 68.1 Å².